The molecule has 0 aliphatic rings. The quantitative estimate of drug-likeness (QED) is 0.720. The van der Waals surface area contributed by atoms with Crippen molar-refractivity contribution in [3.63, 3.8) is 0 Å². The number of aryl methyl sites for hydroxylation is 3. The number of hydrogen-bond acceptors (Lipinski definition) is 4. The van der Waals surface area contributed by atoms with Crippen LogP contribution in [0.3, 0.4) is 0 Å². The van der Waals surface area contributed by atoms with Crippen LogP contribution >= 0.6 is 11.3 Å². The second-order valence-corrected chi connectivity index (χ2v) is 7.26. The maximum atomic E-state index is 13.0. The number of amides is 2. The van der Waals surface area contributed by atoms with Gasteiger partial charge in [-0.25, -0.2) is 0 Å². The maximum absolute atomic E-state index is 13.0. The lowest BCUT2D eigenvalue weighted by Gasteiger charge is -2.20. The van der Waals surface area contributed by atoms with Crippen molar-refractivity contribution in [3.05, 3.63) is 70.0 Å². The molecule has 2 aromatic heterocycles. The highest BCUT2D eigenvalue weighted by Gasteiger charge is 2.21. The van der Waals surface area contributed by atoms with Gasteiger partial charge in [0.25, 0.3) is 11.8 Å². The fraction of sp³-hybridized carbons (Fsp3) is 0.200. The third kappa shape index (κ3) is 3.55. The molecule has 0 radical (unpaired) electrons. The number of nitrogens with one attached hydrogen (secondary N) is 1. The van der Waals surface area contributed by atoms with Crippen molar-refractivity contribution in [2.45, 2.75) is 20.8 Å². The Morgan fingerprint density at radius 1 is 1.08 bits per heavy atom. The zero-order chi connectivity index (χ0) is 18.8. The van der Waals surface area contributed by atoms with Crippen LogP contribution < -0.4 is 10.2 Å². The summed E-state index contributed by atoms with van der Waals surface area (Å²) >= 11 is 1.26. The van der Waals surface area contributed by atoms with E-state index in [0.29, 0.717) is 9.88 Å². The second-order valence-electron chi connectivity index (χ2n) is 6.21. The van der Waals surface area contributed by atoms with Gasteiger partial charge in [0.2, 0.25) is 0 Å². The standard InChI is InChI=1S/C20H20N2O3S/c1-12-7-8-13(2)15(10-12)22(4)20(24)18-14(3)11-17(26-18)21-19(23)16-6-5-9-25-16/h5-11H,1-4H3,(H,21,23). The van der Waals surface area contributed by atoms with Gasteiger partial charge in [0.15, 0.2) is 5.76 Å². The van der Waals surface area contributed by atoms with Crippen molar-refractivity contribution in [1.82, 2.24) is 0 Å². The molecule has 0 saturated carbocycles. The highest BCUT2D eigenvalue weighted by atomic mass is 32.1. The first-order valence-corrected chi connectivity index (χ1v) is 8.99. The van der Waals surface area contributed by atoms with Crippen molar-refractivity contribution in [1.29, 1.82) is 0 Å². The van der Waals surface area contributed by atoms with Crippen molar-refractivity contribution >= 4 is 33.8 Å². The third-order valence-electron chi connectivity index (χ3n) is 4.12. The normalized spacial score (nSPS) is 10.6. The first kappa shape index (κ1) is 17.9. The number of anilines is 2. The monoisotopic (exact) mass is 368 g/mol. The van der Waals surface area contributed by atoms with Gasteiger partial charge in [-0.1, -0.05) is 12.1 Å². The lowest BCUT2D eigenvalue weighted by Crippen LogP contribution is -2.26. The summed E-state index contributed by atoms with van der Waals surface area (Å²) < 4.78 is 5.09. The minimum absolute atomic E-state index is 0.0975. The van der Waals surface area contributed by atoms with Crippen LogP contribution in [0.4, 0.5) is 10.7 Å². The molecule has 3 aromatic rings. The van der Waals surface area contributed by atoms with Crippen LogP contribution in [0.5, 0.6) is 0 Å². The van der Waals surface area contributed by atoms with Gasteiger partial charge in [0, 0.05) is 12.7 Å². The molecular weight excluding hydrogens is 348 g/mol. The zero-order valence-electron chi connectivity index (χ0n) is 15.1. The van der Waals surface area contributed by atoms with Crippen LogP contribution in [0.15, 0.2) is 47.1 Å². The van der Waals surface area contributed by atoms with E-state index >= 15 is 0 Å². The molecule has 134 valence electrons. The van der Waals surface area contributed by atoms with Crippen LogP contribution in [-0.2, 0) is 0 Å². The molecule has 6 heteroatoms. The van der Waals surface area contributed by atoms with E-state index in [-0.39, 0.29) is 17.6 Å². The summed E-state index contributed by atoms with van der Waals surface area (Å²) in [6.45, 7) is 5.85. The van der Waals surface area contributed by atoms with Gasteiger partial charge >= 0.3 is 0 Å². The fourth-order valence-corrected chi connectivity index (χ4v) is 3.72. The van der Waals surface area contributed by atoms with Crippen molar-refractivity contribution < 1.29 is 14.0 Å². The number of furan rings is 1. The van der Waals surface area contributed by atoms with Crippen LogP contribution in [0.2, 0.25) is 0 Å². The predicted molar refractivity (Wildman–Crippen MR) is 104 cm³/mol. The van der Waals surface area contributed by atoms with E-state index in [4.69, 9.17) is 4.42 Å². The number of benzene rings is 1. The summed E-state index contributed by atoms with van der Waals surface area (Å²) in [5.74, 6) is -0.200. The summed E-state index contributed by atoms with van der Waals surface area (Å²) in [5.41, 5.74) is 3.84. The number of carbonyl (C=O) groups excluding carboxylic acids is 2. The van der Waals surface area contributed by atoms with E-state index < -0.39 is 0 Å². The molecule has 26 heavy (non-hydrogen) atoms. The largest absolute Gasteiger partial charge is 0.459 e. The number of thiophene rings is 1. The fourth-order valence-electron chi connectivity index (χ4n) is 2.68. The van der Waals surface area contributed by atoms with E-state index in [2.05, 4.69) is 5.32 Å². The molecule has 0 aliphatic heterocycles. The molecule has 2 amide bonds. The Kier molecular flexibility index (Phi) is 4.95. The Labute approximate surface area is 156 Å². The molecule has 3 rings (SSSR count). The number of carbonyl (C=O) groups is 2. The Bertz CT molecular complexity index is 958. The summed E-state index contributed by atoms with van der Waals surface area (Å²) in [7, 11) is 1.77. The van der Waals surface area contributed by atoms with Crippen LogP contribution in [0.25, 0.3) is 0 Å². The van der Waals surface area contributed by atoms with Gasteiger partial charge < -0.3 is 14.6 Å². The molecule has 2 heterocycles. The second kappa shape index (κ2) is 7.17. The van der Waals surface area contributed by atoms with E-state index in [0.717, 1.165) is 22.4 Å². The smallest absolute Gasteiger partial charge is 0.291 e. The lowest BCUT2D eigenvalue weighted by molar-refractivity contribution is 0.0988. The number of hydrogen-bond donors (Lipinski definition) is 1. The number of nitrogens with zero attached hydrogens (tertiary/aromatic N) is 1. The first-order valence-electron chi connectivity index (χ1n) is 8.17. The highest BCUT2D eigenvalue weighted by Crippen LogP contribution is 2.30. The van der Waals surface area contributed by atoms with Gasteiger partial charge in [-0.2, -0.15) is 0 Å². The molecule has 0 aliphatic carbocycles. The SMILES string of the molecule is Cc1ccc(C)c(N(C)C(=O)c2sc(NC(=O)c3ccco3)cc2C)c1. The third-order valence-corrected chi connectivity index (χ3v) is 5.26. The summed E-state index contributed by atoms with van der Waals surface area (Å²) in [5, 5.41) is 3.39. The van der Waals surface area contributed by atoms with Crippen LogP contribution in [0.1, 0.15) is 36.9 Å². The Morgan fingerprint density at radius 3 is 2.54 bits per heavy atom. The van der Waals surface area contributed by atoms with E-state index in [9.17, 15) is 9.59 Å². The van der Waals surface area contributed by atoms with E-state index in [1.807, 2.05) is 39.0 Å². The van der Waals surface area contributed by atoms with Gasteiger partial charge in [0.1, 0.15) is 0 Å². The summed E-state index contributed by atoms with van der Waals surface area (Å²) in [6.07, 6.45) is 1.45. The average molecular weight is 368 g/mol. The minimum Gasteiger partial charge on any atom is -0.459 e. The Hall–Kier alpha value is -2.86. The average Bonchev–Trinajstić information content (AvgIpc) is 3.25. The Morgan fingerprint density at radius 2 is 1.85 bits per heavy atom. The van der Waals surface area contributed by atoms with E-state index in [1.54, 1.807) is 30.1 Å². The van der Waals surface area contributed by atoms with Crippen LogP contribution in [0, 0.1) is 20.8 Å². The van der Waals surface area contributed by atoms with E-state index in [1.165, 1.54) is 17.6 Å². The molecule has 0 fully saturated rings. The molecule has 0 unspecified atom stereocenters. The van der Waals surface area contributed by atoms with Gasteiger partial charge in [0.05, 0.1) is 16.1 Å². The summed E-state index contributed by atoms with van der Waals surface area (Å²) in [4.78, 5) is 27.3. The molecule has 0 spiro atoms. The van der Waals surface area contributed by atoms with Crippen molar-refractivity contribution in [2.75, 3.05) is 17.3 Å². The van der Waals surface area contributed by atoms with Crippen molar-refractivity contribution in [3.8, 4) is 0 Å². The minimum atomic E-state index is -0.335. The van der Waals surface area contributed by atoms with Crippen LogP contribution in [-0.4, -0.2) is 18.9 Å². The van der Waals surface area contributed by atoms with Crippen molar-refractivity contribution in [2.24, 2.45) is 0 Å². The molecule has 1 aromatic carbocycles. The first-order chi connectivity index (χ1) is 12.4. The molecule has 0 atom stereocenters. The summed E-state index contributed by atoms with van der Waals surface area (Å²) in [6, 6.07) is 11.1. The van der Waals surface area contributed by atoms with Gasteiger partial charge in [-0.3, -0.25) is 9.59 Å². The zero-order valence-corrected chi connectivity index (χ0v) is 15.9. The molecule has 1 N–H and O–H groups in total. The number of rotatable bonds is 4. The predicted octanol–water partition coefficient (Wildman–Crippen LogP) is 4.80. The molecular formula is C20H20N2O3S. The molecule has 0 bridgehead atoms. The molecule has 5 nitrogen and oxygen atoms in total. The van der Waals surface area contributed by atoms with Gasteiger partial charge in [-0.05, 0) is 61.7 Å². The lowest BCUT2D eigenvalue weighted by atomic mass is 10.1. The van der Waals surface area contributed by atoms with Gasteiger partial charge in [-0.15, -0.1) is 11.3 Å². The topological polar surface area (TPSA) is 62.6 Å². The Balaban J connectivity index is 1.83. The molecule has 0 saturated heterocycles. The maximum Gasteiger partial charge on any atom is 0.291 e. The highest BCUT2D eigenvalue weighted by molar-refractivity contribution is 7.18.